The summed E-state index contributed by atoms with van der Waals surface area (Å²) in [4.78, 5) is 28.2. The summed E-state index contributed by atoms with van der Waals surface area (Å²) in [5.41, 5.74) is 1.01. The Morgan fingerprint density at radius 1 is 1.16 bits per heavy atom. The largest absolute Gasteiger partial charge is 0.370 e. The fourth-order valence-electron chi connectivity index (χ4n) is 3.89. The van der Waals surface area contributed by atoms with E-state index >= 15 is 0 Å². The Hall–Kier alpha value is -2.11. The number of likely N-dealkylation sites (tertiary alicyclic amines) is 1. The molecule has 0 saturated carbocycles. The van der Waals surface area contributed by atoms with Crippen LogP contribution >= 0.6 is 0 Å². The van der Waals surface area contributed by atoms with Gasteiger partial charge in [0.05, 0.1) is 5.69 Å². The van der Waals surface area contributed by atoms with E-state index in [0.29, 0.717) is 6.54 Å². The minimum Gasteiger partial charge on any atom is -0.370 e. The van der Waals surface area contributed by atoms with E-state index in [4.69, 9.17) is 0 Å². The summed E-state index contributed by atoms with van der Waals surface area (Å²) in [6.45, 7) is 4.00. The molecular formula is C19H26FN3O2. The minimum absolute atomic E-state index is 0.00106. The highest BCUT2D eigenvalue weighted by Gasteiger charge is 2.27. The number of nitrogens with one attached hydrogen (secondary N) is 1. The van der Waals surface area contributed by atoms with Crippen molar-refractivity contribution < 1.29 is 14.0 Å². The normalized spacial score (nSPS) is 20.6. The number of carbonyl (C=O) groups is 2. The Bertz CT molecular complexity index is 644. The molecule has 0 radical (unpaired) electrons. The van der Waals surface area contributed by atoms with Crippen LogP contribution in [-0.4, -0.2) is 42.4 Å². The van der Waals surface area contributed by atoms with Gasteiger partial charge >= 0.3 is 0 Å². The van der Waals surface area contributed by atoms with E-state index < -0.39 is 5.82 Å². The first-order chi connectivity index (χ1) is 12.1. The zero-order valence-electron chi connectivity index (χ0n) is 14.8. The third-order valence-electron chi connectivity index (χ3n) is 5.16. The number of carbonyl (C=O) groups excluding carboxylic acids is 2. The molecule has 1 atom stereocenters. The van der Waals surface area contributed by atoms with E-state index in [1.165, 1.54) is 6.07 Å². The molecule has 2 saturated heterocycles. The van der Waals surface area contributed by atoms with Crippen LogP contribution in [0.15, 0.2) is 18.2 Å². The van der Waals surface area contributed by atoms with Crippen LogP contribution in [0, 0.1) is 5.82 Å². The smallest absolute Gasteiger partial charge is 0.226 e. The third-order valence-corrected chi connectivity index (χ3v) is 5.16. The number of halogens is 1. The van der Waals surface area contributed by atoms with Crippen molar-refractivity contribution in [1.82, 2.24) is 4.90 Å². The molecule has 1 aromatic rings. The number of hydrogen-bond donors (Lipinski definition) is 1. The van der Waals surface area contributed by atoms with Gasteiger partial charge in [0.2, 0.25) is 11.8 Å². The van der Waals surface area contributed by atoms with Gasteiger partial charge in [0.25, 0.3) is 0 Å². The van der Waals surface area contributed by atoms with Crippen LogP contribution < -0.4 is 10.2 Å². The lowest BCUT2D eigenvalue weighted by Gasteiger charge is -2.34. The summed E-state index contributed by atoms with van der Waals surface area (Å²) in [6.07, 6.45) is 5.19. The number of para-hydroxylation sites is 1. The van der Waals surface area contributed by atoms with Crippen LogP contribution in [0.25, 0.3) is 0 Å². The monoisotopic (exact) mass is 347 g/mol. The summed E-state index contributed by atoms with van der Waals surface area (Å²) in [7, 11) is 0. The third kappa shape index (κ3) is 4.11. The predicted octanol–water partition coefficient (Wildman–Crippen LogP) is 3.16. The first-order valence-corrected chi connectivity index (χ1v) is 9.17. The summed E-state index contributed by atoms with van der Waals surface area (Å²) in [6, 6.07) is 4.81. The van der Waals surface area contributed by atoms with Gasteiger partial charge in [-0.15, -0.1) is 0 Å². The fourth-order valence-corrected chi connectivity index (χ4v) is 3.89. The van der Waals surface area contributed by atoms with Crippen molar-refractivity contribution in [2.45, 2.75) is 51.5 Å². The van der Waals surface area contributed by atoms with E-state index in [2.05, 4.69) is 10.2 Å². The lowest BCUT2D eigenvalue weighted by atomic mass is 9.99. The van der Waals surface area contributed by atoms with Crippen LogP contribution in [-0.2, 0) is 9.59 Å². The number of nitrogens with zero attached hydrogens (tertiary/aromatic N) is 2. The SMILES string of the molecule is CC(=O)N1CCCCC1CC(=O)Nc1c(F)cccc1N1CCCC1. The molecule has 0 aromatic heterocycles. The first-order valence-electron chi connectivity index (χ1n) is 9.17. The topological polar surface area (TPSA) is 52.7 Å². The number of benzene rings is 1. The summed E-state index contributed by atoms with van der Waals surface area (Å²) in [5, 5.41) is 2.77. The molecule has 5 nitrogen and oxygen atoms in total. The standard InChI is InChI=1S/C19H26FN3O2/c1-14(24)23-12-3-2-7-15(23)13-18(25)21-19-16(20)8-6-9-17(19)22-10-4-5-11-22/h6,8-9,15H,2-5,7,10-13H2,1H3,(H,21,25). The van der Waals surface area contributed by atoms with E-state index in [1.807, 2.05) is 6.07 Å². The van der Waals surface area contributed by atoms with Crippen LogP contribution in [0.3, 0.4) is 0 Å². The molecule has 1 unspecified atom stereocenters. The predicted molar refractivity (Wildman–Crippen MR) is 96.1 cm³/mol. The first kappa shape index (κ1) is 17.7. The quantitative estimate of drug-likeness (QED) is 0.910. The van der Waals surface area contributed by atoms with E-state index in [-0.39, 0.29) is 30.0 Å². The summed E-state index contributed by atoms with van der Waals surface area (Å²) < 4.78 is 14.3. The molecule has 2 aliphatic rings. The van der Waals surface area contributed by atoms with Crippen molar-refractivity contribution in [3.05, 3.63) is 24.0 Å². The molecule has 3 rings (SSSR count). The molecular weight excluding hydrogens is 321 g/mol. The van der Waals surface area contributed by atoms with Crippen LogP contribution in [0.5, 0.6) is 0 Å². The fraction of sp³-hybridized carbons (Fsp3) is 0.579. The van der Waals surface area contributed by atoms with Crippen molar-refractivity contribution in [2.24, 2.45) is 0 Å². The van der Waals surface area contributed by atoms with Gasteiger partial charge in [0, 0.05) is 39.0 Å². The van der Waals surface area contributed by atoms with Gasteiger partial charge in [-0.1, -0.05) is 6.07 Å². The number of anilines is 2. The van der Waals surface area contributed by atoms with Gasteiger partial charge in [-0.2, -0.15) is 0 Å². The molecule has 1 N–H and O–H groups in total. The maximum Gasteiger partial charge on any atom is 0.226 e. The Balaban J connectivity index is 1.71. The minimum atomic E-state index is -0.412. The van der Waals surface area contributed by atoms with Gasteiger partial charge in [-0.3, -0.25) is 9.59 Å². The summed E-state index contributed by atoms with van der Waals surface area (Å²) >= 11 is 0. The highest BCUT2D eigenvalue weighted by molar-refractivity contribution is 5.95. The van der Waals surface area contributed by atoms with E-state index in [0.717, 1.165) is 50.9 Å². The second kappa shape index (κ2) is 7.85. The Morgan fingerprint density at radius 3 is 2.60 bits per heavy atom. The van der Waals surface area contributed by atoms with Gasteiger partial charge < -0.3 is 15.1 Å². The number of rotatable bonds is 4. The van der Waals surface area contributed by atoms with Crippen molar-refractivity contribution in [3.8, 4) is 0 Å². The van der Waals surface area contributed by atoms with Gasteiger partial charge in [-0.25, -0.2) is 4.39 Å². The van der Waals surface area contributed by atoms with Crippen LogP contribution in [0.4, 0.5) is 15.8 Å². The van der Waals surface area contributed by atoms with Crippen molar-refractivity contribution in [3.63, 3.8) is 0 Å². The highest BCUT2D eigenvalue weighted by Crippen LogP contribution is 2.31. The van der Waals surface area contributed by atoms with E-state index in [9.17, 15) is 14.0 Å². The number of piperidine rings is 1. The Morgan fingerprint density at radius 2 is 1.88 bits per heavy atom. The Labute approximate surface area is 148 Å². The number of amides is 2. The molecule has 0 spiro atoms. The molecule has 2 heterocycles. The zero-order valence-corrected chi connectivity index (χ0v) is 14.8. The molecule has 2 fully saturated rings. The van der Waals surface area contributed by atoms with Gasteiger partial charge in [0.1, 0.15) is 11.5 Å². The van der Waals surface area contributed by atoms with Gasteiger partial charge in [-0.05, 0) is 44.2 Å². The van der Waals surface area contributed by atoms with Crippen molar-refractivity contribution in [1.29, 1.82) is 0 Å². The maximum atomic E-state index is 14.3. The van der Waals surface area contributed by atoms with Crippen LogP contribution in [0.1, 0.15) is 45.4 Å². The second-order valence-corrected chi connectivity index (χ2v) is 6.94. The van der Waals surface area contributed by atoms with Crippen molar-refractivity contribution in [2.75, 3.05) is 29.9 Å². The molecule has 2 aliphatic heterocycles. The molecule has 6 heteroatoms. The highest BCUT2D eigenvalue weighted by atomic mass is 19.1. The Kier molecular flexibility index (Phi) is 5.56. The van der Waals surface area contributed by atoms with E-state index in [1.54, 1.807) is 17.9 Å². The van der Waals surface area contributed by atoms with Crippen LogP contribution in [0.2, 0.25) is 0 Å². The van der Waals surface area contributed by atoms with Crippen molar-refractivity contribution >= 4 is 23.2 Å². The lowest BCUT2D eigenvalue weighted by Crippen LogP contribution is -2.44. The second-order valence-electron chi connectivity index (χ2n) is 6.94. The molecule has 1 aromatic carbocycles. The molecule has 25 heavy (non-hydrogen) atoms. The maximum absolute atomic E-state index is 14.3. The van der Waals surface area contributed by atoms with Gasteiger partial charge in [0.15, 0.2) is 0 Å². The zero-order chi connectivity index (χ0) is 17.8. The molecule has 0 aliphatic carbocycles. The summed E-state index contributed by atoms with van der Waals surface area (Å²) in [5.74, 6) is -0.644. The number of hydrogen-bond acceptors (Lipinski definition) is 3. The molecule has 0 bridgehead atoms. The average Bonchev–Trinajstić information content (AvgIpc) is 3.11. The molecule has 136 valence electrons. The average molecular weight is 347 g/mol. The lowest BCUT2D eigenvalue weighted by molar-refractivity contribution is -0.133. The molecule has 2 amide bonds.